The van der Waals surface area contributed by atoms with Crippen LogP contribution in [0.3, 0.4) is 0 Å². The molecule has 1 fully saturated rings. The second-order valence-electron chi connectivity index (χ2n) is 5.37. The molecule has 0 aliphatic heterocycles. The van der Waals surface area contributed by atoms with E-state index in [2.05, 4.69) is 0 Å². The second kappa shape index (κ2) is 5.74. The Morgan fingerprint density at radius 2 is 1.95 bits per heavy atom. The normalized spacial score (nSPS) is 16.1. The number of nitrogens with zero attached hydrogens (tertiary/aromatic N) is 2. The number of benzene rings is 1. The number of hydrogen-bond acceptors (Lipinski definition) is 2. The van der Waals surface area contributed by atoms with E-state index < -0.39 is 11.7 Å². The highest BCUT2D eigenvalue weighted by molar-refractivity contribution is 5.55. The average Bonchev–Trinajstić information content (AvgIpc) is 2.89. The van der Waals surface area contributed by atoms with E-state index in [0.717, 1.165) is 12.6 Å². The van der Waals surface area contributed by atoms with Crippen molar-refractivity contribution in [3.05, 3.63) is 29.3 Å². The zero-order valence-corrected chi connectivity index (χ0v) is 11.4. The molecular weight excluding hydrogens is 265 g/mol. The number of nitriles is 1. The zero-order chi connectivity index (χ0) is 14.8. The Morgan fingerprint density at radius 3 is 2.50 bits per heavy atom. The summed E-state index contributed by atoms with van der Waals surface area (Å²) in [5.41, 5.74) is -0.507. The SMILES string of the molecule is CN(CC1CCCC1)c1ccc(C(F)(F)F)c(C#N)c1. The molecule has 2 nitrogen and oxygen atoms in total. The topological polar surface area (TPSA) is 27.0 Å². The molecule has 1 aromatic rings. The second-order valence-corrected chi connectivity index (χ2v) is 5.37. The molecular formula is C15H17F3N2. The van der Waals surface area contributed by atoms with Gasteiger partial charge in [0.15, 0.2) is 0 Å². The van der Waals surface area contributed by atoms with E-state index in [0.29, 0.717) is 11.6 Å². The van der Waals surface area contributed by atoms with Gasteiger partial charge in [0, 0.05) is 19.3 Å². The van der Waals surface area contributed by atoms with Gasteiger partial charge in [-0.25, -0.2) is 0 Å². The van der Waals surface area contributed by atoms with Gasteiger partial charge in [0.25, 0.3) is 0 Å². The van der Waals surface area contributed by atoms with Gasteiger partial charge in [-0.1, -0.05) is 12.8 Å². The van der Waals surface area contributed by atoms with E-state index in [1.54, 1.807) is 6.07 Å². The van der Waals surface area contributed by atoms with Gasteiger partial charge in [0.1, 0.15) is 0 Å². The fourth-order valence-corrected chi connectivity index (χ4v) is 2.80. The fourth-order valence-electron chi connectivity index (χ4n) is 2.80. The molecule has 0 bridgehead atoms. The molecule has 0 saturated heterocycles. The van der Waals surface area contributed by atoms with Crippen LogP contribution in [0.1, 0.15) is 36.8 Å². The Kier molecular flexibility index (Phi) is 4.22. The molecule has 1 aliphatic carbocycles. The number of hydrogen-bond donors (Lipinski definition) is 0. The third kappa shape index (κ3) is 3.24. The first-order chi connectivity index (χ1) is 9.41. The molecule has 0 heterocycles. The van der Waals surface area contributed by atoms with Gasteiger partial charge in [0.2, 0.25) is 0 Å². The first-order valence-corrected chi connectivity index (χ1v) is 6.74. The molecule has 1 saturated carbocycles. The van der Waals surface area contributed by atoms with Crippen molar-refractivity contribution >= 4 is 5.69 Å². The number of rotatable bonds is 3. The number of alkyl halides is 3. The first-order valence-electron chi connectivity index (χ1n) is 6.74. The van der Waals surface area contributed by atoms with Crippen molar-refractivity contribution in [3.63, 3.8) is 0 Å². The van der Waals surface area contributed by atoms with Gasteiger partial charge in [-0.3, -0.25) is 0 Å². The summed E-state index contributed by atoms with van der Waals surface area (Å²) in [6.07, 6.45) is 0.337. The monoisotopic (exact) mass is 282 g/mol. The molecule has 0 aromatic heterocycles. The van der Waals surface area contributed by atoms with Crippen LogP contribution in [0, 0.1) is 17.2 Å². The van der Waals surface area contributed by atoms with Crippen molar-refractivity contribution in [2.75, 3.05) is 18.5 Å². The lowest BCUT2D eigenvalue weighted by Gasteiger charge is -2.24. The summed E-state index contributed by atoms with van der Waals surface area (Å²) >= 11 is 0. The summed E-state index contributed by atoms with van der Waals surface area (Å²) in [5.74, 6) is 0.604. The number of halogens is 3. The Labute approximate surface area is 116 Å². The highest BCUT2D eigenvalue weighted by Crippen LogP contribution is 2.34. The van der Waals surface area contributed by atoms with Gasteiger partial charge in [0.05, 0.1) is 17.2 Å². The largest absolute Gasteiger partial charge is 0.417 e. The molecule has 1 aliphatic rings. The molecule has 20 heavy (non-hydrogen) atoms. The molecule has 0 atom stereocenters. The van der Waals surface area contributed by atoms with Crippen molar-refractivity contribution in [1.82, 2.24) is 0 Å². The highest BCUT2D eigenvalue weighted by Gasteiger charge is 2.33. The molecule has 5 heteroatoms. The van der Waals surface area contributed by atoms with E-state index >= 15 is 0 Å². The average molecular weight is 282 g/mol. The lowest BCUT2D eigenvalue weighted by atomic mass is 10.0. The number of anilines is 1. The minimum absolute atomic E-state index is 0.312. The maximum Gasteiger partial charge on any atom is 0.417 e. The van der Waals surface area contributed by atoms with Crippen molar-refractivity contribution in [1.29, 1.82) is 5.26 Å². The molecule has 0 unspecified atom stereocenters. The van der Waals surface area contributed by atoms with Crippen LogP contribution in [-0.4, -0.2) is 13.6 Å². The maximum absolute atomic E-state index is 12.7. The van der Waals surface area contributed by atoms with E-state index in [1.807, 2.05) is 11.9 Å². The van der Waals surface area contributed by atoms with E-state index in [9.17, 15) is 13.2 Å². The molecule has 108 valence electrons. The quantitative estimate of drug-likeness (QED) is 0.830. The van der Waals surface area contributed by atoms with Crippen molar-refractivity contribution in [2.24, 2.45) is 5.92 Å². The lowest BCUT2D eigenvalue weighted by molar-refractivity contribution is -0.137. The molecule has 0 N–H and O–H groups in total. The van der Waals surface area contributed by atoms with Crippen LogP contribution in [0.15, 0.2) is 18.2 Å². The van der Waals surface area contributed by atoms with Gasteiger partial charge < -0.3 is 4.90 Å². The maximum atomic E-state index is 12.7. The lowest BCUT2D eigenvalue weighted by Crippen LogP contribution is -2.24. The van der Waals surface area contributed by atoms with Gasteiger partial charge in [-0.2, -0.15) is 18.4 Å². The highest BCUT2D eigenvalue weighted by atomic mass is 19.4. The van der Waals surface area contributed by atoms with Crippen LogP contribution in [0.4, 0.5) is 18.9 Å². The predicted molar refractivity (Wildman–Crippen MR) is 71.4 cm³/mol. The minimum Gasteiger partial charge on any atom is -0.374 e. The minimum atomic E-state index is -4.48. The van der Waals surface area contributed by atoms with Gasteiger partial charge in [-0.05, 0) is 37.0 Å². The first kappa shape index (κ1) is 14.7. The van der Waals surface area contributed by atoms with Crippen LogP contribution in [-0.2, 0) is 6.18 Å². The third-order valence-corrected chi connectivity index (χ3v) is 3.88. The summed E-state index contributed by atoms with van der Waals surface area (Å²) in [4.78, 5) is 1.94. The third-order valence-electron chi connectivity index (χ3n) is 3.88. The van der Waals surface area contributed by atoms with Crippen LogP contribution in [0.2, 0.25) is 0 Å². The van der Waals surface area contributed by atoms with Gasteiger partial charge in [-0.15, -0.1) is 0 Å². The zero-order valence-electron chi connectivity index (χ0n) is 11.4. The Bertz CT molecular complexity index is 511. The molecule has 1 aromatic carbocycles. The van der Waals surface area contributed by atoms with Crippen molar-refractivity contribution in [3.8, 4) is 6.07 Å². The summed E-state index contributed by atoms with van der Waals surface area (Å²) in [6.45, 7) is 0.830. The van der Waals surface area contributed by atoms with Crippen LogP contribution in [0.25, 0.3) is 0 Å². The van der Waals surface area contributed by atoms with Crippen molar-refractivity contribution in [2.45, 2.75) is 31.9 Å². The molecule has 0 radical (unpaired) electrons. The van der Waals surface area contributed by atoms with Crippen LogP contribution < -0.4 is 4.90 Å². The Morgan fingerprint density at radius 1 is 1.30 bits per heavy atom. The van der Waals surface area contributed by atoms with Crippen molar-refractivity contribution < 1.29 is 13.2 Å². The standard InChI is InChI=1S/C15H17F3N2/c1-20(10-11-4-2-3-5-11)13-6-7-14(15(16,17)18)12(8-13)9-19/h6-8,11H,2-5,10H2,1H3. The smallest absolute Gasteiger partial charge is 0.374 e. The summed E-state index contributed by atoms with van der Waals surface area (Å²) < 4.78 is 38.2. The van der Waals surface area contributed by atoms with Crippen LogP contribution >= 0.6 is 0 Å². The summed E-state index contributed by atoms with van der Waals surface area (Å²) in [6, 6.07) is 5.42. The Balaban J connectivity index is 2.18. The summed E-state index contributed by atoms with van der Waals surface area (Å²) in [5, 5.41) is 8.90. The predicted octanol–water partition coefficient (Wildman–Crippen LogP) is 4.20. The van der Waals surface area contributed by atoms with Gasteiger partial charge >= 0.3 is 6.18 Å². The summed E-state index contributed by atoms with van der Waals surface area (Å²) in [7, 11) is 1.86. The van der Waals surface area contributed by atoms with E-state index in [1.165, 1.54) is 37.8 Å². The molecule has 0 amide bonds. The molecule has 2 rings (SSSR count). The Hall–Kier alpha value is -1.70. The molecule has 0 spiro atoms. The van der Waals surface area contributed by atoms with E-state index in [4.69, 9.17) is 5.26 Å². The fraction of sp³-hybridized carbons (Fsp3) is 0.533. The van der Waals surface area contributed by atoms with Crippen LogP contribution in [0.5, 0.6) is 0 Å². The van der Waals surface area contributed by atoms with E-state index in [-0.39, 0.29) is 5.56 Å².